The van der Waals surface area contributed by atoms with Gasteiger partial charge in [0.1, 0.15) is 12.7 Å². The molecule has 1 heterocycles. The van der Waals surface area contributed by atoms with Crippen molar-refractivity contribution in [3.8, 4) is 0 Å². The van der Waals surface area contributed by atoms with Crippen LogP contribution in [0.3, 0.4) is 0 Å². The number of hydrogen-bond donors (Lipinski definition) is 1. The van der Waals surface area contributed by atoms with Crippen molar-refractivity contribution in [1.82, 2.24) is 14.8 Å². The lowest BCUT2D eigenvalue weighted by Crippen LogP contribution is -2.14. The van der Waals surface area contributed by atoms with E-state index in [9.17, 15) is 4.79 Å². The molecule has 0 saturated carbocycles. The Morgan fingerprint density at radius 1 is 1.04 bits per heavy atom. The first-order valence-electron chi connectivity index (χ1n) is 7.55. The standard InChI is InChI=1S/C18H18N4O/c23-18(11-10-15-6-2-1-3-7-15)21-17-9-5-4-8-16(17)12-22-14-19-13-20-22/h1-9,13-14H,10-12H2,(H,21,23). The van der Waals surface area contributed by atoms with Gasteiger partial charge in [-0.1, -0.05) is 48.5 Å². The number of nitrogens with one attached hydrogen (secondary N) is 1. The van der Waals surface area contributed by atoms with E-state index in [1.54, 1.807) is 11.0 Å². The molecule has 2 aromatic carbocycles. The molecule has 0 unspecified atom stereocenters. The van der Waals surface area contributed by atoms with E-state index in [1.165, 1.54) is 11.9 Å². The van der Waals surface area contributed by atoms with Crippen molar-refractivity contribution < 1.29 is 4.79 Å². The van der Waals surface area contributed by atoms with E-state index in [4.69, 9.17) is 0 Å². The van der Waals surface area contributed by atoms with Crippen LogP contribution in [0.25, 0.3) is 0 Å². The van der Waals surface area contributed by atoms with Crippen LogP contribution in [0.15, 0.2) is 67.3 Å². The predicted molar refractivity (Wildman–Crippen MR) is 89.0 cm³/mol. The number of benzene rings is 2. The van der Waals surface area contributed by atoms with Crippen molar-refractivity contribution in [1.29, 1.82) is 0 Å². The summed E-state index contributed by atoms with van der Waals surface area (Å²) in [6.45, 7) is 0.579. The van der Waals surface area contributed by atoms with Crippen molar-refractivity contribution in [2.75, 3.05) is 5.32 Å². The number of aromatic nitrogens is 3. The van der Waals surface area contributed by atoms with Gasteiger partial charge >= 0.3 is 0 Å². The van der Waals surface area contributed by atoms with E-state index in [2.05, 4.69) is 15.4 Å². The third-order valence-electron chi connectivity index (χ3n) is 3.57. The van der Waals surface area contributed by atoms with Gasteiger partial charge in [0.2, 0.25) is 5.91 Å². The topological polar surface area (TPSA) is 59.8 Å². The van der Waals surface area contributed by atoms with Gasteiger partial charge in [-0.25, -0.2) is 9.67 Å². The van der Waals surface area contributed by atoms with E-state index in [1.807, 2.05) is 54.6 Å². The zero-order valence-electron chi connectivity index (χ0n) is 12.7. The van der Waals surface area contributed by atoms with E-state index < -0.39 is 0 Å². The molecule has 0 aliphatic carbocycles. The number of hydrogen-bond acceptors (Lipinski definition) is 3. The number of aryl methyl sites for hydroxylation is 1. The third kappa shape index (κ3) is 4.26. The fourth-order valence-corrected chi connectivity index (χ4v) is 2.38. The molecule has 1 aromatic heterocycles. The zero-order valence-corrected chi connectivity index (χ0v) is 12.7. The summed E-state index contributed by atoms with van der Waals surface area (Å²) < 4.78 is 1.73. The predicted octanol–water partition coefficient (Wildman–Crippen LogP) is 2.90. The Balaban J connectivity index is 1.62. The Morgan fingerprint density at radius 3 is 2.61 bits per heavy atom. The average Bonchev–Trinajstić information content (AvgIpc) is 3.09. The van der Waals surface area contributed by atoms with Crippen LogP contribution < -0.4 is 5.32 Å². The van der Waals surface area contributed by atoms with E-state index in [0.29, 0.717) is 13.0 Å². The molecule has 0 saturated heterocycles. The largest absolute Gasteiger partial charge is 0.326 e. The molecular weight excluding hydrogens is 288 g/mol. The smallest absolute Gasteiger partial charge is 0.224 e. The summed E-state index contributed by atoms with van der Waals surface area (Å²) in [6, 6.07) is 17.8. The van der Waals surface area contributed by atoms with E-state index in [-0.39, 0.29) is 5.91 Å². The van der Waals surface area contributed by atoms with Gasteiger partial charge in [-0.15, -0.1) is 0 Å². The Labute approximate surface area is 135 Å². The molecule has 0 spiro atoms. The van der Waals surface area contributed by atoms with Crippen molar-refractivity contribution in [2.24, 2.45) is 0 Å². The minimum absolute atomic E-state index is 0.0138. The van der Waals surface area contributed by atoms with Crippen molar-refractivity contribution in [3.63, 3.8) is 0 Å². The van der Waals surface area contributed by atoms with E-state index >= 15 is 0 Å². The van der Waals surface area contributed by atoms with Crippen molar-refractivity contribution in [2.45, 2.75) is 19.4 Å². The maximum atomic E-state index is 12.2. The summed E-state index contributed by atoms with van der Waals surface area (Å²) in [7, 11) is 0. The fourth-order valence-electron chi connectivity index (χ4n) is 2.38. The van der Waals surface area contributed by atoms with Gasteiger partial charge in [-0.2, -0.15) is 5.10 Å². The SMILES string of the molecule is O=C(CCc1ccccc1)Nc1ccccc1Cn1cncn1. The molecular formula is C18H18N4O. The lowest BCUT2D eigenvalue weighted by atomic mass is 10.1. The number of rotatable bonds is 6. The maximum Gasteiger partial charge on any atom is 0.224 e. The summed E-state index contributed by atoms with van der Waals surface area (Å²) >= 11 is 0. The minimum atomic E-state index is 0.0138. The molecule has 0 aliphatic rings. The van der Waals surface area contributed by atoms with Crippen LogP contribution >= 0.6 is 0 Å². The van der Waals surface area contributed by atoms with Crippen LogP contribution in [0.5, 0.6) is 0 Å². The molecule has 1 N–H and O–H groups in total. The van der Waals surface area contributed by atoms with Gasteiger partial charge in [0, 0.05) is 12.1 Å². The summed E-state index contributed by atoms with van der Waals surface area (Å²) in [4.78, 5) is 16.1. The monoisotopic (exact) mass is 306 g/mol. The van der Waals surface area contributed by atoms with Gasteiger partial charge in [-0.05, 0) is 23.6 Å². The molecule has 5 nitrogen and oxygen atoms in total. The molecule has 0 aliphatic heterocycles. The Bertz CT molecular complexity index is 754. The van der Waals surface area contributed by atoms with Gasteiger partial charge in [0.25, 0.3) is 0 Å². The van der Waals surface area contributed by atoms with Gasteiger partial charge in [-0.3, -0.25) is 4.79 Å². The molecule has 116 valence electrons. The number of anilines is 1. The maximum absolute atomic E-state index is 12.2. The highest BCUT2D eigenvalue weighted by molar-refractivity contribution is 5.91. The zero-order chi connectivity index (χ0) is 15.9. The van der Waals surface area contributed by atoms with Crippen LogP contribution in [-0.4, -0.2) is 20.7 Å². The minimum Gasteiger partial charge on any atom is -0.326 e. The summed E-state index contributed by atoms with van der Waals surface area (Å²) in [5, 5.41) is 7.09. The van der Waals surface area contributed by atoms with Crippen LogP contribution in [0.2, 0.25) is 0 Å². The van der Waals surface area contributed by atoms with Crippen molar-refractivity contribution >= 4 is 11.6 Å². The Morgan fingerprint density at radius 2 is 1.83 bits per heavy atom. The molecule has 0 fully saturated rings. The molecule has 0 radical (unpaired) electrons. The molecule has 23 heavy (non-hydrogen) atoms. The highest BCUT2D eigenvalue weighted by Gasteiger charge is 2.07. The van der Waals surface area contributed by atoms with Gasteiger partial charge in [0.15, 0.2) is 0 Å². The van der Waals surface area contributed by atoms with Crippen LogP contribution in [0.4, 0.5) is 5.69 Å². The highest BCUT2D eigenvalue weighted by atomic mass is 16.1. The lowest BCUT2D eigenvalue weighted by Gasteiger charge is -2.11. The molecule has 0 bridgehead atoms. The second-order valence-electron chi connectivity index (χ2n) is 5.28. The number of amides is 1. The normalized spacial score (nSPS) is 10.4. The second-order valence-corrected chi connectivity index (χ2v) is 5.28. The highest BCUT2D eigenvalue weighted by Crippen LogP contribution is 2.16. The number of carbonyl (C=O) groups is 1. The first-order valence-corrected chi connectivity index (χ1v) is 7.55. The first kappa shape index (κ1) is 15.0. The fraction of sp³-hybridized carbons (Fsp3) is 0.167. The average molecular weight is 306 g/mol. The van der Waals surface area contributed by atoms with E-state index in [0.717, 1.165) is 17.7 Å². The third-order valence-corrected chi connectivity index (χ3v) is 3.57. The number of carbonyl (C=O) groups excluding carboxylic acids is 1. The first-order chi connectivity index (χ1) is 11.3. The molecule has 1 amide bonds. The van der Waals surface area contributed by atoms with Gasteiger partial charge in [0.05, 0.1) is 6.54 Å². The van der Waals surface area contributed by atoms with Crippen LogP contribution in [-0.2, 0) is 17.8 Å². The summed E-state index contributed by atoms with van der Waals surface area (Å²) in [6.07, 6.45) is 4.36. The van der Waals surface area contributed by atoms with Crippen LogP contribution in [0, 0.1) is 0 Å². The number of nitrogens with zero attached hydrogens (tertiary/aromatic N) is 3. The Hall–Kier alpha value is -2.95. The Kier molecular flexibility index (Phi) is 4.79. The second kappa shape index (κ2) is 7.35. The molecule has 0 atom stereocenters. The molecule has 3 rings (SSSR count). The lowest BCUT2D eigenvalue weighted by molar-refractivity contribution is -0.116. The quantitative estimate of drug-likeness (QED) is 0.762. The summed E-state index contributed by atoms with van der Waals surface area (Å²) in [5.74, 6) is 0.0138. The molecule has 5 heteroatoms. The van der Waals surface area contributed by atoms with Crippen LogP contribution in [0.1, 0.15) is 17.5 Å². The number of para-hydroxylation sites is 1. The van der Waals surface area contributed by atoms with Gasteiger partial charge < -0.3 is 5.32 Å². The van der Waals surface area contributed by atoms with Crippen molar-refractivity contribution in [3.05, 3.63) is 78.4 Å². The summed E-state index contributed by atoms with van der Waals surface area (Å²) in [5.41, 5.74) is 2.99. The molecule has 3 aromatic rings.